The Kier molecular flexibility index (Phi) is 3.41. The van der Waals surface area contributed by atoms with Gasteiger partial charge in [-0.15, -0.1) is 0 Å². The summed E-state index contributed by atoms with van der Waals surface area (Å²) in [5, 5.41) is 12.9. The maximum atomic E-state index is 13.0. The van der Waals surface area contributed by atoms with Crippen molar-refractivity contribution >= 4 is 29.4 Å². The van der Waals surface area contributed by atoms with Crippen molar-refractivity contribution in [1.82, 2.24) is 0 Å². The predicted molar refractivity (Wildman–Crippen MR) is 50.3 cm³/mol. The fourth-order valence-electron chi connectivity index (χ4n) is 0.808. The number of rotatable bonds is 2. The highest BCUT2D eigenvalue weighted by atomic mass is 35.5. The third kappa shape index (κ3) is 2.70. The highest BCUT2D eigenvalue weighted by molar-refractivity contribution is 6.32. The van der Waals surface area contributed by atoms with Crippen molar-refractivity contribution < 1.29 is 14.4 Å². The van der Waals surface area contributed by atoms with Crippen molar-refractivity contribution in [3.8, 4) is 0 Å². The van der Waals surface area contributed by atoms with Gasteiger partial charge in [-0.2, -0.15) is 0 Å². The van der Waals surface area contributed by atoms with E-state index in [1.54, 1.807) is 0 Å². The number of anilines is 1. The van der Waals surface area contributed by atoms with E-state index in [4.69, 9.17) is 16.8 Å². The van der Waals surface area contributed by atoms with Crippen molar-refractivity contribution in [2.45, 2.75) is 0 Å². The molecule has 0 aliphatic carbocycles. The molecule has 0 aliphatic heterocycles. The third-order valence-electron chi connectivity index (χ3n) is 1.36. The summed E-state index contributed by atoms with van der Waals surface area (Å²) in [7, 11) is 0. The van der Waals surface area contributed by atoms with Gasteiger partial charge in [-0.25, -0.2) is 4.39 Å². The third-order valence-corrected chi connectivity index (χ3v) is 1.60. The molecular weight excluding hydrogens is 211 g/mol. The topological polar surface area (TPSA) is 61.7 Å². The molecule has 0 atom stereocenters. The van der Waals surface area contributed by atoms with Gasteiger partial charge in [0.25, 0.3) is 5.91 Å². The van der Waals surface area contributed by atoms with Crippen LogP contribution in [0.5, 0.6) is 0 Å². The summed E-state index contributed by atoms with van der Waals surface area (Å²) in [5.74, 6) is -1.38. The molecule has 0 saturated heterocycles. The Balaban J connectivity index is 2.82. The molecule has 0 aromatic heterocycles. The van der Waals surface area contributed by atoms with E-state index < -0.39 is 11.7 Å². The molecule has 0 spiro atoms. The monoisotopic (exact) mass is 216 g/mol. The maximum absolute atomic E-state index is 13.0. The summed E-state index contributed by atoms with van der Waals surface area (Å²) < 4.78 is 13.0. The smallest absolute Gasteiger partial charge is 0.270 e. The molecule has 2 N–H and O–H groups in total. The minimum Gasteiger partial charge on any atom is -0.411 e. The van der Waals surface area contributed by atoms with Crippen LogP contribution < -0.4 is 5.32 Å². The fourth-order valence-corrected chi connectivity index (χ4v) is 0.967. The van der Waals surface area contributed by atoms with E-state index in [1.165, 1.54) is 12.1 Å². The highest BCUT2D eigenvalue weighted by Gasteiger charge is 2.05. The highest BCUT2D eigenvalue weighted by Crippen LogP contribution is 2.18. The first-order chi connectivity index (χ1) is 6.63. The number of carbonyl (C=O) groups is 1. The molecule has 14 heavy (non-hydrogen) atoms. The van der Waals surface area contributed by atoms with Gasteiger partial charge in [-0.05, 0) is 18.2 Å². The molecule has 0 fully saturated rings. The van der Waals surface area contributed by atoms with E-state index in [1.807, 2.05) is 0 Å². The quantitative estimate of drug-likeness (QED) is 0.450. The fraction of sp³-hybridized carbons (Fsp3) is 0. The van der Waals surface area contributed by atoms with Gasteiger partial charge < -0.3 is 10.5 Å². The molecule has 0 radical (unpaired) electrons. The SMILES string of the molecule is O=C(/C=N\O)Nc1ccc(Cl)cc1F. The van der Waals surface area contributed by atoms with Crippen molar-refractivity contribution in [3.05, 3.63) is 29.0 Å². The van der Waals surface area contributed by atoms with Gasteiger partial charge in [-0.1, -0.05) is 16.8 Å². The normalized spacial score (nSPS) is 10.4. The van der Waals surface area contributed by atoms with Crippen molar-refractivity contribution in [2.24, 2.45) is 5.16 Å². The number of oxime groups is 1. The number of nitrogens with zero attached hydrogens (tertiary/aromatic N) is 1. The molecule has 0 aliphatic rings. The molecule has 4 nitrogen and oxygen atoms in total. The van der Waals surface area contributed by atoms with Crippen molar-refractivity contribution in [2.75, 3.05) is 5.32 Å². The van der Waals surface area contributed by atoms with E-state index in [2.05, 4.69) is 10.5 Å². The molecule has 1 aromatic rings. The van der Waals surface area contributed by atoms with Crippen LogP contribution in [-0.2, 0) is 4.79 Å². The summed E-state index contributed by atoms with van der Waals surface area (Å²) in [4.78, 5) is 10.8. The molecule has 0 heterocycles. The number of hydrogen-bond acceptors (Lipinski definition) is 3. The molecule has 0 bridgehead atoms. The number of hydrogen-bond donors (Lipinski definition) is 2. The van der Waals surface area contributed by atoms with E-state index in [9.17, 15) is 9.18 Å². The van der Waals surface area contributed by atoms with Crippen LogP contribution in [0.4, 0.5) is 10.1 Å². The Hall–Kier alpha value is -1.62. The van der Waals surface area contributed by atoms with Gasteiger partial charge in [0.1, 0.15) is 12.0 Å². The Bertz CT molecular complexity index is 382. The second-order valence-corrected chi connectivity index (χ2v) is 2.79. The molecule has 1 aromatic carbocycles. The Morgan fingerprint density at radius 2 is 2.36 bits per heavy atom. The Morgan fingerprint density at radius 1 is 1.64 bits per heavy atom. The van der Waals surface area contributed by atoms with Crippen LogP contribution in [0.1, 0.15) is 0 Å². The number of benzene rings is 1. The lowest BCUT2D eigenvalue weighted by molar-refractivity contribution is -0.110. The first-order valence-electron chi connectivity index (χ1n) is 3.57. The van der Waals surface area contributed by atoms with Crippen LogP contribution in [-0.4, -0.2) is 17.3 Å². The second-order valence-electron chi connectivity index (χ2n) is 2.36. The van der Waals surface area contributed by atoms with Crippen LogP contribution in [0.2, 0.25) is 5.02 Å². The van der Waals surface area contributed by atoms with Crippen LogP contribution >= 0.6 is 11.6 Å². The van der Waals surface area contributed by atoms with Crippen LogP contribution in [0.15, 0.2) is 23.4 Å². The maximum Gasteiger partial charge on any atom is 0.270 e. The van der Waals surface area contributed by atoms with E-state index in [0.29, 0.717) is 6.21 Å². The number of carbonyl (C=O) groups excluding carboxylic acids is 1. The predicted octanol–water partition coefficient (Wildman–Crippen LogP) is 1.88. The molecule has 1 amide bonds. The van der Waals surface area contributed by atoms with Gasteiger partial charge in [0.2, 0.25) is 0 Å². The number of halogens is 2. The molecule has 74 valence electrons. The van der Waals surface area contributed by atoms with Crippen LogP contribution in [0.3, 0.4) is 0 Å². The molecule has 1 rings (SSSR count). The molecule has 6 heteroatoms. The van der Waals surface area contributed by atoms with Gasteiger partial charge in [0.15, 0.2) is 0 Å². The van der Waals surface area contributed by atoms with E-state index >= 15 is 0 Å². The van der Waals surface area contributed by atoms with E-state index in [-0.39, 0.29) is 10.7 Å². The minimum atomic E-state index is -0.728. The zero-order chi connectivity index (χ0) is 10.6. The first-order valence-corrected chi connectivity index (χ1v) is 3.94. The van der Waals surface area contributed by atoms with Crippen molar-refractivity contribution in [1.29, 1.82) is 0 Å². The van der Waals surface area contributed by atoms with Gasteiger partial charge in [0.05, 0.1) is 5.69 Å². The second kappa shape index (κ2) is 4.57. The van der Waals surface area contributed by atoms with Gasteiger partial charge in [-0.3, -0.25) is 4.79 Å². The minimum absolute atomic E-state index is 0.0284. The molecular formula is C8H6ClFN2O2. The van der Waals surface area contributed by atoms with Crippen LogP contribution in [0.25, 0.3) is 0 Å². The van der Waals surface area contributed by atoms with E-state index in [0.717, 1.165) is 6.07 Å². The first kappa shape index (κ1) is 10.5. The summed E-state index contributed by atoms with van der Waals surface area (Å²) in [6, 6.07) is 3.80. The number of amides is 1. The summed E-state index contributed by atoms with van der Waals surface area (Å²) in [6.07, 6.45) is 0.619. The lowest BCUT2D eigenvalue weighted by Gasteiger charge is -2.02. The Morgan fingerprint density at radius 3 is 2.93 bits per heavy atom. The standard InChI is InChI=1S/C8H6ClFN2O2/c9-5-1-2-7(6(10)3-5)12-8(13)4-11-14/h1-4,14H,(H,12,13)/b11-4-. The molecule has 0 unspecified atom stereocenters. The summed E-state index contributed by atoms with van der Waals surface area (Å²) in [6.45, 7) is 0. The average Bonchev–Trinajstić information content (AvgIpc) is 2.10. The van der Waals surface area contributed by atoms with Gasteiger partial charge in [0, 0.05) is 5.02 Å². The summed E-state index contributed by atoms with van der Waals surface area (Å²) in [5.41, 5.74) is -0.0284. The van der Waals surface area contributed by atoms with Crippen molar-refractivity contribution in [3.63, 3.8) is 0 Å². The Labute approximate surface area is 84.0 Å². The average molecular weight is 217 g/mol. The lowest BCUT2D eigenvalue weighted by Crippen LogP contribution is -2.13. The summed E-state index contributed by atoms with van der Waals surface area (Å²) >= 11 is 5.50. The zero-order valence-corrected chi connectivity index (χ0v) is 7.62. The zero-order valence-electron chi connectivity index (χ0n) is 6.87. The largest absolute Gasteiger partial charge is 0.411 e. The van der Waals surface area contributed by atoms with Gasteiger partial charge >= 0.3 is 0 Å². The lowest BCUT2D eigenvalue weighted by atomic mass is 10.3. The number of nitrogens with one attached hydrogen (secondary N) is 1. The van der Waals surface area contributed by atoms with Crippen LogP contribution in [0, 0.1) is 5.82 Å². The molecule has 0 saturated carbocycles.